The van der Waals surface area contributed by atoms with Gasteiger partial charge in [0.2, 0.25) is 0 Å². The first-order valence-electron chi connectivity index (χ1n) is 31.0. The molecule has 1 aliphatic rings. The number of ether oxygens (including phenoxy) is 5. The van der Waals surface area contributed by atoms with Gasteiger partial charge in [0.1, 0.15) is 36.3 Å². The third-order valence-electron chi connectivity index (χ3n) is 15.5. The van der Waals surface area contributed by atoms with Gasteiger partial charge < -0.3 is 42.8 Å². The largest absolute Gasteiger partial charge is 0.496 e. The summed E-state index contributed by atoms with van der Waals surface area (Å²) in [5, 5.41) is 11.3. The van der Waals surface area contributed by atoms with E-state index in [4.69, 9.17) is 48.2 Å². The van der Waals surface area contributed by atoms with Gasteiger partial charge in [0.25, 0.3) is 11.8 Å². The average molecular weight is 1460 g/mol. The van der Waals surface area contributed by atoms with Crippen LogP contribution in [0.2, 0.25) is 77.1 Å². The summed E-state index contributed by atoms with van der Waals surface area (Å²) >= 11 is 1.83. The molecule has 26 heteroatoms. The molecule has 1 fully saturated rings. The van der Waals surface area contributed by atoms with Crippen LogP contribution in [-0.2, 0) is 37.0 Å². The maximum Gasteiger partial charge on any atom is 0.496 e. The van der Waals surface area contributed by atoms with Crippen LogP contribution in [0.4, 0.5) is 17.6 Å². The number of aromatic nitrogens is 6. The van der Waals surface area contributed by atoms with Crippen LogP contribution in [0.15, 0.2) is 97.3 Å². The fraction of sp³-hybridized carbons (Fsp3) is 0.441. The Morgan fingerprint density at radius 2 is 0.979 bits per heavy atom. The Morgan fingerprint density at radius 1 is 0.564 bits per heavy atom. The summed E-state index contributed by atoms with van der Waals surface area (Å²) in [5.41, 5.74) is 4.69. The van der Waals surface area contributed by atoms with Gasteiger partial charge in [-0.3, -0.25) is 9.59 Å². The zero-order chi connectivity index (χ0) is 69.8. The number of amides is 2. The SMILES string of the molecule is CN(C)C(=O)c1cc(I)cc(F)c1F.COCC[Si](C)(C)C.COc1ccccc1-c1nn(COCC[Si](C)(C)C)c2ncc(-c3cc(F)c(F)c(C(=O)N(C)C)c3)cc12.COc1ccccc1-c1nn(COCC[Si](C)(C)C)c2ncc(B3OC(C)(C)C(C)(C)O3)cc12. The third-order valence-corrected chi connectivity index (χ3v) is 21.3. The fourth-order valence-corrected chi connectivity index (χ4v) is 12.1. The van der Waals surface area contributed by atoms with E-state index in [1.54, 1.807) is 32.2 Å². The maximum atomic E-state index is 14.6. The molecule has 0 aliphatic carbocycles. The van der Waals surface area contributed by atoms with Gasteiger partial charge in [0.05, 0.1) is 36.5 Å². The number of benzene rings is 4. The number of carbonyl (C=O) groups excluding carboxylic acids is 2. The molecule has 17 nitrogen and oxygen atoms in total. The van der Waals surface area contributed by atoms with Crippen molar-refractivity contribution in [3.8, 4) is 45.1 Å². The van der Waals surface area contributed by atoms with E-state index >= 15 is 0 Å². The minimum absolute atomic E-state index is 0.217. The summed E-state index contributed by atoms with van der Waals surface area (Å²) in [7, 11) is 7.24. The van der Waals surface area contributed by atoms with Crippen molar-refractivity contribution in [2.75, 3.05) is 69.3 Å². The number of pyridine rings is 2. The zero-order valence-electron chi connectivity index (χ0n) is 58.1. The molecule has 0 radical (unpaired) electrons. The second-order valence-electron chi connectivity index (χ2n) is 27.9. The van der Waals surface area contributed by atoms with Crippen molar-refractivity contribution < 1.29 is 60.1 Å². The van der Waals surface area contributed by atoms with Gasteiger partial charge in [-0.05, 0) is 135 Å². The third kappa shape index (κ3) is 20.3. The van der Waals surface area contributed by atoms with Crippen LogP contribution < -0.4 is 14.9 Å². The average Bonchev–Trinajstić information content (AvgIpc) is 1.60. The number of fused-ring (bicyclic) bond motifs is 2. The molecular weight excluding hydrogens is 1370 g/mol. The Balaban J connectivity index is 0.000000227. The van der Waals surface area contributed by atoms with Crippen LogP contribution in [0.25, 0.3) is 55.7 Å². The molecule has 94 heavy (non-hydrogen) atoms. The minimum atomic E-state index is -1.25. The Morgan fingerprint density at radius 3 is 1.40 bits per heavy atom. The highest BCUT2D eigenvalue weighted by molar-refractivity contribution is 14.1. The van der Waals surface area contributed by atoms with Gasteiger partial charge in [-0.25, -0.2) is 36.9 Å². The number of methoxy groups -OCH3 is 3. The lowest BCUT2D eigenvalue weighted by atomic mass is 9.80. The Labute approximate surface area is 568 Å². The van der Waals surface area contributed by atoms with Crippen molar-refractivity contribution in [3.05, 3.63) is 135 Å². The first kappa shape index (κ1) is 76.6. The molecule has 5 heterocycles. The highest BCUT2D eigenvalue weighted by Gasteiger charge is 2.52. The van der Waals surface area contributed by atoms with Crippen molar-refractivity contribution in [1.82, 2.24) is 39.3 Å². The highest BCUT2D eigenvalue weighted by Crippen LogP contribution is 2.39. The molecule has 2 amide bonds. The van der Waals surface area contributed by atoms with E-state index in [0.29, 0.717) is 57.1 Å². The second kappa shape index (κ2) is 32.6. The number of nitrogens with zero attached hydrogens (tertiary/aromatic N) is 8. The fourth-order valence-electron chi connectivity index (χ4n) is 9.23. The van der Waals surface area contributed by atoms with Crippen LogP contribution >= 0.6 is 22.6 Å². The van der Waals surface area contributed by atoms with Gasteiger partial charge in [-0.1, -0.05) is 83.2 Å². The minimum Gasteiger partial charge on any atom is -0.496 e. The summed E-state index contributed by atoms with van der Waals surface area (Å²) < 4.78 is 99.8. The number of carbonyl (C=O) groups is 2. The van der Waals surface area contributed by atoms with E-state index in [-0.39, 0.29) is 17.9 Å². The topological polar surface area (TPSA) is 167 Å². The quantitative estimate of drug-likeness (QED) is 0.0219. The Bertz CT molecular complexity index is 3900. The van der Waals surface area contributed by atoms with E-state index in [1.807, 2.05) is 88.1 Å². The van der Waals surface area contributed by atoms with E-state index in [0.717, 1.165) is 69.9 Å². The van der Waals surface area contributed by atoms with E-state index in [1.165, 1.54) is 56.2 Å². The molecule has 0 bridgehead atoms. The summed E-state index contributed by atoms with van der Waals surface area (Å²) in [4.78, 5) is 35.7. The molecule has 0 spiro atoms. The monoisotopic (exact) mass is 1460 g/mol. The van der Waals surface area contributed by atoms with Crippen molar-refractivity contribution >= 4 is 93.3 Å². The molecule has 508 valence electrons. The first-order valence-corrected chi connectivity index (χ1v) is 43.2. The zero-order valence-corrected chi connectivity index (χ0v) is 63.3. The second-order valence-corrected chi connectivity index (χ2v) is 46.0. The molecule has 9 rings (SSSR count). The van der Waals surface area contributed by atoms with Gasteiger partial charge in [-0.2, -0.15) is 10.2 Å². The predicted octanol–water partition coefficient (Wildman–Crippen LogP) is 15.0. The Hall–Kier alpha value is -6.37. The summed E-state index contributed by atoms with van der Waals surface area (Å²) in [6.45, 7) is 32.0. The van der Waals surface area contributed by atoms with E-state index in [2.05, 4.69) is 97.7 Å². The highest BCUT2D eigenvalue weighted by atomic mass is 127. The van der Waals surface area contributed by atoms with Crippen LogP contribution in [-0.4, -0.2) is 163 Å². The standard InChI is InChI=1S/C28H32F2N4O3Si.C25H36BN3O4Si.C9H8F2INO.C6H16OSi/c1-33(2)28(35)21-13-18(15-23(29)25(21)30)19-14-22-26(20-9-7-8-10-24(20)36-3)32-34(27(22)31-16-19)17-37-11-12-38(4,5)6;1-24(2)25(3,4)33-26(32-24)18-15-20-22(19-11-9-10-12-21(19)30-5)28-29(23(20)27-16-18)17-31-13-14-34(6,7)8;1-13(2)9(14)6-3-5(12)4-7(10)8(6)11;1-7-5-6-8(2,3)4/h7-10,13-16H,11-12,17H2,1-6H3;9-12,15-16H,13-14,17H2,1-8H3;3-4H,1-2H3;5-6H2,1-4H3. The summed E-state index contributed by atoms with van der Waals surface area (Å²) in [6.07, 6.45) is 3.38. The molecule has 0 unspecified atom stereocenters. The van der Waals surface area contributed by atoms with Crippen molar-refractivity contribution in [2.45, 2.75) is 129 Å². The lowest BCUT2D eigenvalue weighted by molar-refractivity contribution is 0.00578. The van der Waals surface area contributed by atoms with Crippen molar-refractivity contribution in [1.29, 1.82) is 0 Å². The Kier molecular flexibility index (Phi) is 26.6. The number of rotatable bonds is 21. The van der Waals surface area contributed by atoms with Crippen LogP contribution in [0.1, 0.15) is 48.4 Å². The van der Waals surface area contributed by atoms with E-state index < -0.39 is 77.6 Å². The number of para-hydroxylation sites is 2. The van der Waals surface area contributed by atoms with Gasteiger partial charge in [-0.15, -0.1) is 0 Å². The smallest absolute Gasteiger partial charge is 0.496 e. The molecule has 1 saturated heterocycles. The van der Waals surface area contributed by atoms with Gasteiger partial charge >= 0.3 is 7.12 Å². The first-order chi connectivity index (χ1) is 43.9. The normalized spacial score (nSPS) is 13.6. The summed E-state index contributed by atoms with van der Waals surface area (Å²) in [5.74, 6) is -4.16. The molecule has 8 aromatic rings. The number of hydrogen-bond acceptors (Lipinski definition) is 13. The molecular formula is C68H92BF4IN8O9Si3. The molecule has 0 N–H and O–H groups in total. The van der Waals surface area contributed by atoms with Crippen LogP contribution in [0.3, 0.4) is 0 Å². The lowest BCUT2D eigenvalue weighted by Crippen LogP contribution is -2.41. The van der Waals surface area contributed by atoms with E-state index in [9.17, 15) is 27.2 Å². The van der Waals surface area contributed by atoms with Gasteiger partial charge in [0, 0.05) is 128 Å². The molecule has 1 aliphatic heterocycles. The maximum absolute atomic E-state index is 14.6. The summed E-state index contributed by atoms with van der Waals surface area (Å²) in [6, 6.07) is 27.4. The predicted molar refractivity (Wildman–Crippen MR) is 383 cm³/mol. The number of halogens is 5. The van der Waals surface area contributed by atoms with Crippen molar-refractivity contribution in [2.24, 2.45) is 0 Å². The van der Waals surface area contributed by atoms with Gasteiger partial charge in [0.15, 0.2) is 34.6 Å². The number of hydrogen-bond donors (Lipinski definition) is 0. The van der Waals surface area contributed by atoms with Crippen molar-refractivity contribution in [3.63, 3.8) is 0 Å². The van der Waals surface area contributed by atoms with Crippen LogP contribution in [0, 0.1) is 26.8 Å². The molecule has 4 aromatic heterocycles. The molecule has 0 saturated carbocycles. The molecule has 4 aromatic carbocycles. The molecule has 0 atom stereocenters. The van der Waals surface area contributed by atoms with Crippen LogP contribution in [0.5, 0.6) is 11.5 Å². The lowest BCUT2D eigenvalue weighted by Gasteiger charge is -2.32.